The predicted octanol–water partition coefficient (Wildman–Crippen LogP) is 2.16. The van der Waals surface area contributed by atoms with E-state index in [9.17, 15) is 9.59 Å². The minimum absolute atomic E-state index is 0.127. The van der Waals surface area contributed by atoms with Crippen LogP contribution in [0.5, 0.6) is 0 Å². The van der Waals surface area contributed by atoms with Crippen molar-refractivity contribution in [3.05, 3.63) is 29.3 Å². The maximum Gasteiger partial charge on any atom is 0.337 e. The van der Waals surface area contributed by atoms with Crippen molar-refractivity contribution in [1.29, 1.82) is 0 Å². The summed E-state index contributed by atoms with van der Waals surface area (Å²) in [4.78, 5) is 25.1. The maximum atomic E-state index is 11.8. The average Bonchev–Trinajstić information content (AvgIpc) is 2.44. The molecule has 0 saturated carbocycles. The summed E-state index contributed by atoms with van der Waals surface area (Å²) in [6.07, 6.45) is 2.33. The number of ether oxygens (including phenoxy) is 1. The normalized spacial score (nSPS) is 14.0. The summed E-state index contributed by atoms with van der Waals surface area (Å²) in [5, 5.41) is 0. The summed E-state index contributed by atoms with van der Waals surface area (Å²) in [6.45, 7) is 2.62. The van der Waals surface area contributed by atoms with Gasteiger partial charge < -0.3 is 9.64 Å². The number of aryl methyl sites for hydroxylation is 1. The third-order valence-corrected chi connectivity index (χ3v) is 3.22. The highest BCUT2D eigenvalue weighted by Gasteiger charge is 2.22. The minimum Gasteiger partial charge on any atom is -0.465 e. The molecule has 1 aliphatic rings. The highest BCUT2D eigenvalue weighted by Crippen LogP contribution is 2.28. The Morgan fingerprint density at radius 2 is 2.17 bits per heavy atom. The number of hydrogen-bond donors (Lipinski definition) is 0. The number of carbonyl (C=O) groups excluding carboxylic acids is 2. The molecule has 2 rings (SSSR count). The van der Waals surface area contributed by atoms with Crippen molar-refractivity contribution < 1.29 is 14.3 Å². The molecule has 0 aromatic heterocycles. The summed E-state index contributed by atoms with van der Waals surface area (Å²) >= 11 is 0. The van der Waals surface area contributed by atoms with Gasteiger partial charge in [0.05, 0.1) is 12.7 Å². The van der Waals surface area contributed by atoms with E-state index < -0.39 is 0 Å². The number of amides is 1. The van der Waals surface area contributed by atoms with Gasteiger partial charge in [0.25, 0.3) is 0 Å². The molecule has 0 N–H and O–H groups in total. The zero-order chi connectivity index (χ0) is 13.1. The van der Waals surface area contributed by atoms with Gasteiger partial charge in [0.1, 0.15) is 0 Å². The molecule has 1 heterocycles. The van der Waals surface area contributed by atoms with Gasteiger partial charge in [0.2, 0.25) is 5.91 Å². The molecule has 4 nitrogen and oxygen atoms in total. The molecule has 0 atom stereocenters. The highest BCUT2D eigenvalue weighted by atomic mass is 16.5. The Balaban J connectivity index is 2.36. The number of fused-ring (bicyclic) bond motifs is 1. The Kier molecular flexibility index (Phi) is 3.65. The Morgan fingerprint density at radius 1 is 1.39 bits per heavy atom. The molecule has 4 heteroatoms. The monoisotopic (exact) mass is 247 g/mol. The molecule has 0 spiro atoms. The van der Waals surface area contributed by atoms with Crippen molar-refractivity contribution in [2.45, 2.75) is 26.2 Å². The van der Waals surface area contributed by atoms with Crippen LogP contribution in [0, 0.1) is 0 Å². The van der Waals surface area contributed by atoms with Crippen LogP contribution in [0.4, 0.5) is 5.69 Å². The van der Waals surface area contributed by atoms with E-state index in [2.05, 4.69) is 0 Å². The van der Waals surface area contributed by atoms with Gasteiger partial charge in [-0.15, -0.1) is 0 Å². The quantitative estimate of drug-likeness (QED) is 0.752. The number of esters is 1. The van der Waals surface area contributed by atoms with Gasteiger partial charge in [0.15, 0.2) is 0 Å². The number of benzene rings is 1. The summed E-state index contributed by atoms with van der Waals surface area (Å²) in [5.74, 6) is -0.210. The molecule has 1 aromatic rings. The molecule has 0 unspecified atom stereocenters. The van der Waals surface area contributed by atoms with Crippen LogP contribution >= 0.6 is 0 Å². The molecular formula is C14H17NO3. The van der Waals surface area contributed by atoms with Crippen molar-refractivity contribution in [3.63, 3.8) is 0 Å². The summed E-state index contributed by atoms with van der Waals surface area (Å²) in [7, 11) is 1.37. The molecule has 1 amide bonds. The molecule has 0 aliphatic carbocycles. The first-order valence-corrected chi connectivity index (χ1v) is 6.19. The van der Waals surface area contributed by atoms with Gasteiger partial charge >= 0.3 is 5.97 Å². The third kappa shape index (κ3) is 2.23. The second kappa shape index (κ2) is 5.21. The summed E-state index contributed by atoms with van der Waals surface area (Å²) < 4.78 is 4.70. The van der Waals surface area contributed by atoms with Crippen LogP contribution < -0.4 is 4.90 Å². The SMILES string of the molecule is CCC(=O)N1CCCc2cc(C(=O)OC)ccc21. The van der Waals surface area contributed by atoms with Crippen molar-refractivity contribution in [2.24, 2.45) is 0 Å². The lowest BCUT2D eigenvalue weighted by molar-refractivity contribution is -0.118. The van der Waals surface area contributed by atoms with Crippen LogP contribution in [0.25, 0.3) is 0 Å². The van der Waals surface area contributed by atoms with E-state index in [0.717, 1.165) is 30.6 Å². The van der Waals surface area contributed by atoms with E-state index in [0.29, 0.717) is 12.0 Å². The van der Waals surface area contributed by atoms with E-state index in [1.54, 1.807) is 11.0 Å². The molecule has 0 bridgehead atoms. The smallest absolute Gasteiger partial charge is 0.337 e. The second-order valence-electron chi connectivity index (χ2n) is 4.34. The van der Waals surface area contributed by atoms with E-state index >= 15 is 0 Å². The van der Waals surface area contributed by atoms with Crippen LogP contribution in [0.15, 0.2) is 18.2 Å². The molecule has 1 aliphatic heterocycles. The van der Waals surface area contributed by atoms with Crippen LogP contribution in [-0.4, -0.2) is 25.5 Å². The summed E-state index contributed by atoms with van der Waals surface area (Å²) in [5.41, 5.74) is 2.52. The van der Waals surface area contributed by atoms with Gasteiger partial charge in [-0.2, -0.15) is 0 Å². The number of methoxy groups -OCH3 is 1. The molecule has 0 radical (unpaired) electrons. The van der Waals surface area contributed by atoms with E-state index in [1.165, 1.54) is 7.11 Å². The fourth-order valence-corrected chi connectivity index (χ4v) is 2.29. The largest absolute Gasteiger partial charge is 0.465 e. The molecule has 18 heavy (non-hydrogen) atoms. The average molecular weight is 247 g/mol. The number of nitrogens with zero attached hydrogens (tertiary/aromatic N) is 1. The topological polar surface area (TPSA) is 46.6 Å². The van der Waals surface area contributed by atoms with Crippen LogP contribution in [0.3, 0.4) is 0 Å². The Labute approximate surface area is 107 Å². The fraction of sp³-hybridized carbons (Fsp3) is 0.429. The van der Waals surface area contributed by atoms with Gasteiger partial charge in [-0.1, -0.05) is 6.92 Å². The van der Waals surface area contributed by atoms with Gasteiger partial charge in [-0.25, -0.2) is 4.79 Å². The molecule has 1 aromatic carbocycles. The van der Waals surface area contributed by atoms with Crippen LogP contribution in [0.1, 0.15) is 35.7 Å². The third-order valence-electron chi connectivity index (χ3n) is 3.22. The minimum atomic E-state index is -0.336. The first-order chi connectivity index (χ1) is 8.67. The van der Waals surface area contributed by atoms with Gasteiger partial charge in [-0.3, -0.25) is 4.79 Å². The lowest BCUT2D eigenvalue weighted by atomic mass is 9.99. The highest BCUT2D eigenvalue weighted by molar-refractivity contribution is 5.96. The van der Waals surface area contributed by atoms with Crippen LogP contribution in [0.2, 0.25) is 0 Å². The molecule has 96 valence electrons. The van der Waals surface area contributed by atoms with Crippen LogP contribution in [-0.2, 0) is 16.0 Å². The standard InChI is InChI=1S/C14H17NO3/c1-3-13(16)15-8-4-5-10-9-11(14(17)18-2)6-7-12(10)15/h6-7,9H,3-5,8H2,1-2H3. The Hall–Kier alpha value is -1.84. The molecule has 0 saturated heterocycles. The Bertz CT molecular complexity index is 482. The lowest BCUT2D eigenvalue weighted by Crippen LogP contribution is -2.35. The number of hydrogen-bond acceptors (Lipinski definition) is 3. The number of carbonyl (C=O) groups is 2. The number of rotatable bonds is 2. The summed E-state index contributed by atoms with van der Waals surface area (Å²) in [6, 6.07) is 5.39. The van der Waals surface area contributed by atoms with E-state index in [4.69, 9.17) is 4.74 Å². The first-order valence-electron chi connectivity index (χ1n) is 6.19. The fourth-order valence-electron chi connectivity index (χ4n) is 2.29. The van der Waals surface area contributed by atoms with E-state index in [1.807, 2.05) is 19.1 Å². The van der Waals surface area contributed by atoms with Gasteiger partial charge in [0, 0.05) is 18.7 Å². The van der Waals surface area contributed by atoms with Crippen molar-refractivity contribution in [2.75, 3.05) is 18.6 Å². The van der Waals surface area contributed by atoms with Crippen molar-refractivity contribution >= 4 is 17.6 Å². The zero-order valence-electron chi connectivity index (χ0n) is 10.7. The molecular weight excluding hydrogens is 230 g/mol. The van der Waals surface area contributed by atoms with Crippen molar-refractivity contribution in [1.82, 2.24) is 0 Å². The number of anilines is 1. The first kappa shape index (κ1) is 12.6. The maximum absolute atomic E-state index is 11.8. The second-order valence-corrected chi connectivity index (χ2v) is 4.34. The molecule has 0 fully saturated rings. The van der Waals surface area contributed by atoms with E-state index in [-0.39, 0.29) is 11.9 Å². The van der Waals surface area contributed by atoms with Crippen molar-refractivity contribution in [3.8, 4) is 0 Å². The zero-order valence-corrected chi connectivity index (χ0v) is 10.7. The predicted molar refractivity (Wildman–Crippen MR) is 68.7 cm³/mol. The lowest BCUT2D eigenvalue weighted by Gasteiger charge is -2.29. The Morgan fingerprint density at radius 3 is 2.83 bits per heavy atom. The van der Waals surface area contributed by atoms with Gasteiger partial charge in [-0.05, 0) is 36.6 Å².